The van der Waals surface area contributed by atoms with Crippen LogP contribution < -0.4 is 4.74 Å². The summed E-state index contributed by atoms with van der Waals surface area (Å²) in [5, 5.41) is 10.2. The van der Waals surface area contributed by atoms with E-state index < -0.39 is 0 Å². The molecule has 1 saturated carbocycles. The summed E-state index contributed by atoms with van der Waals surface area (Å²) in [5.74, 6) is 0.488. The minimum absolute atomic E-state index is 0.00999. The van der Waals surface area contributed by atoms with Crippen LogP contribution in [0.3, 0.4) is 0 Å². The fourth-order valence-electron chi connectivity index (χ4n) is 3.52. The summed E-state index contributed by atoms with van der Waals surface area (Å²) in [5.41, 5.74) is 1.52. The number of nitrogens with zero attached hydrogens (tertiary/aromatic N) is 1. The molecule has 1 aromatic carbocycles. The number of hydrogen-bond donors (Lipinski definition) is 1. The van der Waals surface area contributed by atoms with Gasteiger partial charge in [0.25, 0.3) is 5.91 Å². The van der Waals surface area contributed by atoms with Crippen molar-refractivity contribution in [3.8, 4) is 11.5 Å². The lowest BCUT2D eigenvalue weighted by molar-refractivity contribution is -0.124. The number of phenolic OH excluding ortho intramolecular Hbond substituents is 1. The molecule has 1 aliphatic heterocycles. The minimum atomic E-state index is -0.00999. The highest BCUT2D eigenvalue weighted by Gasteiger charge is 2.37. The Kier molecular flexibility index (Phi) is 6.04. The zero-order valence-electron chi connectivity index (χ0n) is 14.9. The molecule has 2 aliphatic rings. The molecule has 1 heterocycles. The molecule has 1 aromatic rings. The van der Waals surface area contributed by atoms with Crippen molar-refractivity contribution in [3.05, 3.63) is 40.8 Å². The Bertz CT molecular complexity index is 767. The van der Waals surface area contributed by atoms with Crippen LogP contribution in [0, 0.1) is 0 Å². The molecule has 0 aromatic heterocycles. The van der Waals surface area contributed by atoms with E-state index in [1.165, 1.54) is 25.3 Å². The largest absolute Gasteiger partial charge is 0.504 e. The Balaban J connectivity index is 1.90. The molecule has 1 aliphatic carbocycles. The summed E-state index contributed by atoms with van der Waals surface area (Å²) in [6.45, 7) is 3.72. The van der Waals surface area contributed by atoms with Gasteiger partial charge in [0.15, 0.2) is 11.5 Å². The van der Waals surface area contributed by atoms with E-state index in [1.807, 2.05) is 12.1 Å². The molecular formula is C20H23NO3S2. The number of hydrogen-bond acceptors (Lipinski definition) is 5. The number of thioether (sulfide) groups is 1. The fraction of sp³-hybridized carbons (Fsp3) is 0.400. The Labute approximate surface area is 163 Å². The van der Waals surface area contributed by atoms with Crippen molar-refractivity contribution < 1.29 is 14.6 Å². The first-order chi connectivity index (χ1) is 12.5. The van der Waals surface area contributed by atoms with E-state index in [4.69, 9.17) is 17.0 Å². The number of amides is 1. The normalized spacial score (nSPS) is 20.0. The predicted octanol–water partition coefficient (Wildman–Crippen LogP) is 4.66. The molecule has 6 heteroatoms. The number of ether oxygens (including phenoxy) is 1. The molecule has 0 radical (unpaired) electrons. The molecule has 0 unspecified atom stereocenters. The summed E-state index contributed by atoms with van der Waals surface area (Å²) in [4.78, 5) is 15.3. The predicted molar refractivity (Wildman–Crippen MR) is 110 cm³/mol. The van der Waals surface area contributed by atoms with Crippen molar-refractivity contribution in [1.29, 1.82) is 0 Å². The lowest BCUT2D eigenvalue weighted by Crippen LogP contribution is -2.39. The number of carbonyl (C=O) groups excluding carboxylic acids is 1. The summed E-state index contributed by atoms with van der Waals surface area (Å²) < 4.78 is 5.90. The van der Waals surface area contributed by atoms with E-state index in [2.05, 4.69) is 6.58 Å². The number of rotatable bonds is 5. The van der Waals surface area contributed by atoms with E-state index in [1.54, 1.807) is 17.0 Å². The number of aromatic hydroxyl groups is 1. The third kappa shape index (κ3) is 3.81. The van der Waals surface area contributed by atoms with Crippen molar-refractivity contribution in [2.45, 2.75) is 44.6 Å². The van der Waals surface area contributed by atoms with Gasteiger partial charge in [-0.3, -0.25) is 9.69 Å². The summed E-state index contributed by atoms with van der Waals surface area (Å²) in [7, 11) is 1.51. The SMILES string of the molecule is C=CCc1cc(/C=C2/SC(=S)N(C3CCCCC3)C2=O)cc(OC)c1O. The summed E-state index contributed by atoms with van der Waals surface area (Å²) >= 11 is 6.83. The zero-order chi connectivity index (χ0) is 18.7. The minimum Gasteiger partial charge on any atom is -0.504 e. The molecule has 0 atom stereocenters. The topological polar surface area (TPSA) is 49.8 Å². The number of carbonyl (C=O) groups is 1. The highest BCUT2D eigenvalue weighted by Crippen LogP contribution is 2.39. The van der Waals surface area contributed by atoms with Gasteiger partial charge in [-0.05, 0) is 43.0 Å². The molecule has 1 saturated heterocycles. The molecule has 1 N–H and O–H groups in total. The smallest absolute Gasteiger partial charge is 0.266 e. The van der Waals surface area contributed by atoms with Gasteiger partial charge in [0.05, 0.1) is 12.0 Å². The van der Waals surface area contributed by atoms with E-state index in [0.29, 0.717) is 27.0 Å². The lowest BCUT2D eigenvalue weighted by Gasteiger charge is -2.29. The van der Waals surface area contributed by atoms with Gasteiger partial charge in [-0.2, -0.15) is 0 Å². The molecule has 26 heavy (non-hydrogen) atoms. The average molecular weight is 390 g/mol. The highest BCUT2D eigenvalue weighted by molar-refractivity contribution is 8.26. The Hall–Kier alpha value is -1.79. The number of benzene rings is 1. The maximum absolute atomic E-state index is 12.9. The van der Waals surface area contributed by atoms with Crippen LogP contribution in [-0.2, 0) is 11.2 Å². The molecule has 0 spiro atoms. The van der Waals surface area contributed by atoms with E-state index in [9.17, 15) is 9.90 Å². The van der Waals surface area contributed by atoms with Crippen LogP contribution in [0.4, 0.5) is 0 Å². The van der Waals surface area contributed by atoms with Gasteiger partial charge < -0.3 is 9.84 Å². The highest BCUT2D eigenvalue weighted by atomic mass is 32.2. The van der Waals surface area contributed by atoms with Crippen LogP contribution in [0.25, 0.3) is 6.08 Å². The van der Waals surface area contributed by atoms with Crippen molar-refractivity contribution in [1.82, 2.24) is 4.90 Å². The number of allylic oxidation sites excluding steroid dienone is 1. The zero-order valence-corrected chi connectivity index (χ0v) is 16.5. The van der Waals surface area contributed by atoms with Crippen molar-refractivity contribution in [2.75, 3.05) is 7.11 Å². The number of phenols is 1. The second-order valence-corrected chi connectivity index (χ2v) is 8.24. The summed E-state index contributed by atoms with van der Waals surface area (Å²) in [6, 6.07) is 3.81. The average Bonchev–Trinajstić information content (AvgIpc) is 2.92. The van der Waals surface area contributed by atoms with E-state index in [0.717, 1.165) is 31.2 Å². The van der Waals surface area contributed by atoms with Crippen LogP contribution >= 0.6 is 24.0 Å². The Morgan fingerprint density at radius 1 is 1.38 bits per heavy atom. The van der Waals surface area contributed by atoms with Crippen molar-refractivity contribution in [2.24, 2.45) is 0 Å². The standard InChI is InChI=1S/C20H23NO3S2/c1-3-7-14-10-13(11-16(24-2)18(14)22)12-17-19(23)21(20(25)26-17)15-8-5-4-6-9-15/h3,10-12,15,22H,1,4-9H2,2H3/b17-12+. The Morgan fingerprint density at radius 3 is 2.77 bits per heavy atom. The second kappa shape index (κ2) is 8.27. The van der Waals surface area contributed by atoms with Gasteiger partial charge in [-0.15, -0.1) is 6.58 Å². The van der Waals surface area contributed by atoms with Crippen LogP contribution in [0.5, 0.6) is 11.5 Å². The van der Waals surface area contributed by atoms with Crippen LogP contribution in [0.1, 0.15) is 43.2 Å². The quantitative estimate of drug-likeness (QED) is 0.451. The maximum atomic E-state index is 12.9. The first-order valence-corrected chi connectivity index (χ1v) is 10.1. The monoisotopic (exact) mass is 389 g/mol. The van der Waals surface area contributed by atoms with Gasteiger partial charge in [0.1, 0.15) is 4.32 Å². The first kappa shape index (κ1) is 19.0. The van der Waals surface area contributed by atoms with Crippen LogP contribution in [-0.4, -0.2) is 33.4 Å². The summed E-state index contributed by atoms with van der Waals surface area (Å²) in [6.07, 6.45) is 9.67. The molecule has 2 fully saturated rings. The van der Waals surface area contributed by atoms with E-state index >= 15 is 0 Å². The lowest BCUT2D eigenvalue weighted by atomic mass is 9.94. The Morgan fingerprint density at radius 2 is 2.12 bits per heavy atom. The molecule has 0 bridgehead atoms. The van der Waals surface area contributed by atoms with Gasteiger partial charge >= 0.3 is 0 Å². The molecule has 138 valence electrons. The van der Waals surface area contributed by atoms with Crippen LogP contribution in [0.15, 0.2) is 29.7 Å². The third-order valence-electron chi connectivity index (χ3n) is 4.82. The molecule has 4 nitrogen and oxygen atoms in total. The van der Waals surface area contributed by atoms with Crippen molar-refractivity contribution >= 4 is 40.3 Å². The van der Waals surface area contributed by atoms with Crippen LogP contribution in [0.2, 0.25) is 0 Å². The molecule has 1 amide bonds. The molecular weight excluding hydrogens is 366 g/mol. The third-order valence-corrected chi connectivity index (χ3v) is 6.15. The van der Waals surface area contributed by atoms with Crippen molar-refractivity contribution in [3.63, 3.8) is 0 Å². The maximum Gasteiger partial charge on any atom is 0.266 e. The van der Waals surface area contributed by atoms with Gasteiger partial charge in [-0.25, -0.2) is 0 Å². The van der Waals surface area contributed by atoms with Gasteiger partial charge in [-0.1, -0.05) is 49.3 Å². The number of methoxy groups -OCH3 is 1. The van der Waals surface area contributed by atoms with Gasteiger partial charge in [0.2, 0.25) is 0 Å². The number of thiocarbonyl (C=S) groups is 1. The first-order valence-electron chi connectivity index (χ1n) is 8.83. The fourth-order valence-corrected chi connectivity index (χ4v) is 4.92. The van der Waals surface area contributed by atoms with E-state index in [-0.39, 0.29) is 17.7 Å². The van der Waals surface area contributed by atoms with Gasteiger partial charge in [0, 0.05) is 11.6 Å². The second-order valence-electron chi connectivity index (χ2n) is 6.57. The molecule has 3 rings (SSSR count).